The molecule has 0 saturated heterocycles. The molecule has 2 heterocycles. The molecule has 5 nitrogen and oxygen atoms in total. The van der Waals surface area contributed by atoms with Gasteiger partial charge in [0.2, 0.25) is 11.8 Å². The van der Waals surface area contributed by atoms with Gasteiger partial charge in [-0.1, -0.05) is 61.4 Å². The summed E-state index contributed by atoms with van der Waals surface area (Å²) in [5.41, 5.74) is 1.91. The van der Waals surface area contributed by atoms with Crippen LogP contribution in [0.5, 0.6) is 17.4 Å². The van der Waals surface area contributed by atoms with E-state index in [0.29, 0.717) is 37.0 Å². The number of hydrogen-bond acceptors (Lipinski definition) is 4. The summed E-state index contributed by atoms with van der Waals surface area (Å²) in [6.45, 7) is 1.83. The first-order chi connectivity index (χ1) is 15.3. The number of ether oxygens (including phenoxy) is 2. The van der Waals surface area contributed by atoms with Crippen LogP contribution in [-0.4, -0.2) is 28.9 Å². The monoisotopic (exact) mass is 416 g/mol. The lowest BCUT2D eigenvalue weighted by Crippen LogP contribution is -2.33. The molecule has 31 heavy (non-hydrogen) atoms. The van der Waals surface area contributed by atoms with Crippen LogP contribution < -0.4 is 9.47 Å². The summed E-state index contributed by atoms with van der Waals surface area (Å²) in [7, 11) is 0. The highest BCUT2D eigenvalue weighted by molar-refractivity contribution is 5.78. The van der Waals surface area contributed by atoms with Gasteiger partial charge in [-0.2, -0.15) is 0 Å². The molecule has 0 radical (unpaired) electrons. The summed E-state index contributed by atoms with van der Waals surface area (Å²) in [4.78, 5) is 19.5. The molecule has 5 heteroatoms. The molecule has 0 fully saturated rings. The van der Waals surface area contributed by atoms with E-state index in [4.69, 9.17) is 9.47 Å². The zero-order chi connectivity index (χ0) is 21.3. The average molecular weight is 417 g/mol. The van der Waals surface area contributed by atoms with Crippen molar-refractivity contribution < 1.29 is 14.3 Å². The molecule has 0 saturated carbocycles. The third kappa shape index (κ3) is 5.85. The standard InChI is InChI=1S/C26H28N2O3/c29-25(19-21-11-4-3-5-12-21)28-17-8-1-2-9-18-30-23-14-6-7-15-24(23)31-26-22(20-28)13-10-16-27-26/h3-7,10-16H,1-2,8-9,17-20H2. The van der Waals surface area contributed by atoms with Gasteiger partial charge in [0, 0.05) is 18.3 Å². The molecule has 3 aromatic rings. The Hall–Kier alpha value is -3.34. The van der Waals surface area contributed by atoms with Crippen LogP contribution in [0.3, 0.4) is 0 Å². The molecule has 1 aliphatic heterocycles. The summed E-state index contributed by atoms with van der Waals surface area (Å²) < 4.78 is 12.1. The molecule has 0 atom stereocenters. The number of amides is 1. The summed E-state index contributed by atoms with van der Waals surface area (Å²) in [6, 6.07) is 21.4. The lowest BCUT2D eigenvalue weighted by atomic mass is 10.1. The molecule has 0 N–H and O–H groups in total. The van der Waals surface area contributed by atoms with E-state index in [9.17, 15) is 4.79 Å². The van der Waals surface area contributed by atoms with Gasteiger partial charge in [0.05, 0.1) is 19.6 Å². The van der Waals surface area contributed by atoms with Gasteiger partial charge in [0.25, 0.3) is 0 Å². The Morgan fingerprint density at radius 3 is 2.52 bits per heavy atom. The summed E-state index contributed by atoms with van der Waals surface area (Å²) >= 11 is 0. The van der Waals surface area contributed by atoms with Crippen LogP contribution in [0.25, 0.3) is 0 Å². The molecule has 0 aliphatic carbocycles. The predicted octanol–water partition coefficient (Wildman–Crippen LogP) is 5.40. The molecule has 0 unspecified atom stereocenters. The highest BCUT2D eigenvalue weighted by atomic mass is 16.5. The van der Waals surface area contributed by atoms with Gasteiger partial charge in [-0.15, -0.1) is 0 Å². The van der Waals surface area contributed by atoms with Crippen molar-refractivity contribution in [2.75, 3.05) is 13.2 Å². The fourth-order valence-corrected chi connectivity index (χ4v) is 3.71. The number of hydrogen-bond donors (Lipinski definition) is 0. The molecule has 1 aromatic heterocycles. The maximum absolute atomic E-state index is 13.2. The lowest BCUT2D eigenvalue weighted by Gasteiger charge is -2.24. The fraction of sp³-hybridized carbons (Fsp3) is 0.308. The highest BCUT2D eigenvalue weighted by Crippen LogP contribution is 2.32. The number of para-hydroxylation sites is 2. The number of benzene rings is 2. The number of carbonyl (C=O) groups is 1. The van der Waals surface area contributed by atoms with Crippen LogP contribution in [0.1, 0.15) is 36.8 Å². The largest absolute Gasteiger partial charge is 0.490 e. The Morgan fingerprint density at radius 2 is 1.65 bits per heavy atom. The van der Waals surface area contributed by atoms with Crippen molar-refractivity contribution in [1.29, 1.82) is 0 Å². The number of carbonyl (C=O) groups excluding carboxylic acids is 1. The van der Waals surface area contributed by atoms with E-state index in [2.05, 4.69) is 4.98 Å². The minimum atomic E-state index is 0.122. The van der Waals surface area contributed by atoms with E-state index in [-0.39, 0.29) is 5.91 Å². The van der Waals surface area contributed by atoms with Gasteiger partial charge < -0.3 is 14.4 Å². The van der Waals surface area contributed by atoms with Crippen LogP contribution in [0.15, 0.2) is 72.9 Å². The SMILES string of the molecule is O=C(Cc1ccccc1)N1CCCCCCOc2ccccc2Oc2ncccc2C1. The normalized spacial score (nSPS) is 14.9. The molecular weight excluding hydrogens is 388 g/mol. The summed E-state index contributed by atoms with van der Waals surface area (Å²) in [5.74, 6) is 1.99. The average Bonchev–Trinajstić information content (AvgIpc) is 2.80. The lowest BCUT2D eigenvalue weighted by molar-refractivity contribution is -0.131. The predicted molar refractivity (Wildman–Crippen MR) is 120 cm³/mol. The Kier molecular flexibility index (Phi) is 7.16. The van der Waals surface area contributed by atoms with Gasteiger partial charge >= 0.3 is 0 Å². The number of fused-ring (bicyclic) bond motifs is 2. The fourth-order valence-electron chi connectivity index (χ4n) is 3.71. The smallest absolute Gasteiger partial charge is 0.227 e. The summed E-state index contributed by atoms with van der Waals surface area (Å²) in [6.07, 6.45) is 6.18. The molecule has 0 bridgehead atoms. The molecule has 4 rings (SSSR count). The van der Waals surface area contributed by atoms with E-state index >= 15 is 0 Å². The first kappa shape index (κ1) is 20.9. The van der Waals surface area contributed by atoms with Crippen molar-refractivity contribution >= 4 is 5.91 Å². The zero-order valence-corrected chi connectivity index (χ0v) is 17.7. The van der Waals surface area contributed by atoms with E-state index in [1.807, 2.05) is 71.6 Å². The Labute approximate surface area is 183 Å². The number of pyridine rings is 1. The zero-order valence-electron chi connectivity index (χ0n) is 17.7. The molecule has 1 amide bonds. The van der Waals surface area contributed by atoms with E-state index in [1.54, 1.807) is 6.20 Å². The van der Waals surface area contributed by atoms with E-state index in [0.717, 1.165) is 43.4 Å². The van der Waals surface area contributed by atoms with Gasteiger partial charge in [-0.25, -0.2) is 4.98 Å². The maximum Gasteiger partial charge on any atom is 0.227 e. The number of rotatable bonds is 2. The second-order valence-electron chi connectivity index (χ2n) is 7.76. The van der Waals surface area contributed by atoms with Crippen molar-refractivity contribution in [2.45, 2.75) is 38.6 Å². The Morgan fingerprint density at radius 1 is 0.871 bits per heavy atom. The molecule has 160 valence electrons. The topological polar surface area (TPSA) is 51.7 Å². The first-order valence-corrected chi connectivity index (χ1v) is 10.9. The molecule has 1 aliphatic rings. The van der Waals surface area contributed by atoms with Crippen LogP contribution in [0.2, 0.25) is 0 Å². The van der Waals surface area contributed by atoms with Crippen LogP contribution in [0.4, 0.5) is 0 Å². The Bertz CT molecular complexity index is 991. The quantitative estimate of drug-likeness (QED) is 0.561. The second kappa shape index (κ2) is 10.6. The van der Waals surface area contributed by atoms with Gasteiger partial charge in [-0.3, -0.25) is 4.79 Å². The van der Waals surface area contributed by atoms with Gasteiger partial charge in [0.1, 0.15) is 0 Å². The molecule has 2 aromatic carbocycles. The molecule has 0 spiro atoms. The van der Waals surface area contributed by atoms with Gasteiger partial charge in [0.15, 0.2) is 11.5 Å². The maximum atomic E-state index is 13.2. The van der Waals surface area contributed by atoms with Crippen molar-refractivity contribution in [1.82, 2.24) is 9.88 Å². The van der Waals surface area contributed by atoms with Crippen molar-refractivity contribution in [3.8, 4) is 17.4 Å². The minimum absolute atomic E-state index is 0.122. The minimum Gasteiger partial charge on any atom is -0.490 e. The van der Waals surface area contributed by atoms with Crippen molar-refractivity contribution in [3.05, 3.63) is 84.1 Å². The molecular formula is C26H28N2O3. The van der Waals surface area contributed by atoms with E-state index in [1.165, 1.54) is 0 Å². The van der Waals surface area contributed by atoms with Crippen LogP contribution in [0, 0.1) is 0 Å². The number of aromatic nitrogens is 1. The van der Waals surface area contributed by atoms with Gasteiger partial charge in [-0.05, 0) is 36.6 Å². The second-order valence-corrected chi connectivity index (χ2v) is 7.76. The number of nitrogens with zero attached hydrogens (tertiary/aromatic N) is 2. The van der Waals surface area contributed by atoms with Crippen LogP contribution in [-0.2, 0) is 17.8 Å². The van der Waals surface area contributed by atoms with E-state index < -0.39 is 0 Å². The third-order valence-corrected chi connectivity index (χ3v) is 5.40. The Balaban J connectivity index is 1.59. The van der Waals surface area contributed by atoms with Crippen molar-refractivity contribution in [3.63, 3.8) is 0 Å². The first-order valence-electron chi connectivity index (χ1n) is 10.9. The summed E-state index contributed by atoms with van der Waals surface area (Å²) in [5, 5.41) is 0. The van der Waals surface area contributed by atoms with Crippen molar-refractivity contribution in [2.24, 2.45) is 0 Å². The highest BCUT2D eigenvalue weighted by Gasteiger charge is 2.18. The third-order valence-electron chi connectivity index (χ3n) is 5.40. The van der Waals surface area contributed by atoms with Crippen LogP contribution >= 0.6 is 0 Å².